The number of thiophene rings is 1. The molecule has 2 aromatic rings. The van der Waals surface area contributed by atoms with Crippen LogP contribution in [0.1, 0.15) is 10.4 Å². The Morgan fingerprint density at radius 3 is 3.00 bits per heavy atom. The SMILES string of the molecule is O=C1CN=C(c2cccs2)c2cc(F)ccc2N1. The number of rotatable bonds is 1. The van der Waals surface area contributed by atoms with Gasteiger partial charge in [-0.2, -0.15) is 0 Å². The number of carbonyl (C=O) groups excluding carboxylic acids is 1. The summed E-state index contributed by atoms with van der Waals surface area (Å²) in [4.78, 5) is 16.7. The van der Waals surface area contributed by atoms with E-state index in [1.165, 1.54) is 23.5 Å². The molecule has 90 valence electrons. The Morgan fingerprint density at radius 2 is 2.22 bits per heavy atom. The third kappa shape index (κ3) is 1.93. The van der Waals surface area contributed by atoms with Crippen molar-refractivity contribution in [1.29, 1.82) is 0 Å². The van der Waals surface area contributed by atoms with E-state index in [2.05, 4.69) is 10.3 Å². The molecule has 0 spiro atoms. The zero-order chi connectivity index (χ0) is 12.5. The number of halogens is 1. The summed E-state index contributed by atoms with van der Waals surface area (Å²) in [5.41, 5.74) is 1.90. The molecule has 0 saturated heterocycles. The Hall–Kier alpha value is -2.01. The highest BCUT2D eigenvalue weighted by atomic mass is 32.1. The number of nitrogens with one attached hydrogen (secondary N) is 1. The fourth-order valence-corrected chi connectivity index (χ4v) is 2.62. The molecule has 0 bridgehead atoms. The first-order valence-electron chi connectivity index (χ1n) is 5.42. The number of benzene rings is 1. The van der Waals surface area contributed by atoms with Gasteiger partial charge in [0.1, 0.15) is 12.4 Å². The van der Waals surface area contributed by atoms with E-state index in [4.69, 9.17) is 0 Å². The second kappa shape index (κ2) is 4.34. The molecule has 0 aliphatic carbocycles. The maximum atomic E-state index is 13.4. The van der Waals surface area contributed by atoms with E-state index in [9.17, 15) is 9.18 Å². The minimum atomic E-state index is -0.339. The summed E-state index contributed by atoms with van der Waals surface area (Å²) in [7, 11) is 0. The standard InChI is InChI=1S/C13H9FN2OS/c14-8-3-4-10-9(6-8)13(11-2-1-5-18-11)15-7-12(17)16-10/h1-6H,7H2,(H,16,17). The molecule has 5 heteroatoms. The van der Waals surface area contributed by atoms with Crippen LogP contribution < -0.4 is 5.32 Å². The fourth-order valence-electron chi connectivity index (χ4n) is 1.87. The molecule has 0 unspecified atom stereocenters. The summed E-state index contributed by atoms with van der Waals surface area (Å²) in [5, 5.41) is 4.65. The molecule has 18 heavy (non-hydrogen) atoms. The number of benzodiazepines with no additional fused rings is 1. The number of hydrogen-bond acceptors (Lipinski definition) is 3. The highest BCUT2D eigenvalue weighted by Crippen LogP contribution is 2.25. The van der Waals surface area contributed by atoms with Crippen molar-refractivity contribution in [3.8, 4) is 0 Å². The second-order valence-electron chi connectivity index (χ2n) is 3.88. The van der Waals surface area contributed by atoms with E-state index in [0.717, 1.165) is 4.88 Å². The number of aliphatic imine (C=N–C) groups is 1. The topological polar surface area (TPSA) is 41.5 Å². The van der Waals surface area contributed by atoms with Crippen molar-refractivity contribution >= 4 is 28.6 Å². The monoisotopic (exact) mass is 260 g/mol. The minimum absolute atomic E-state index is 0.0591. The van der Waals surface area contributed by atoms with Crippen LogP contribution in [0.4, 0.5) is 10.1 Å². The zero-order valence-electron chi connectivity index (χ0n) is 9.31. The van der Waals surface area contributed by atoms with Crippen molar-refractivity contribution in [3.05, 3.63) is 52.0 Å². The number of hydrogen-bond donors (Lipinski definition) is 1. The van der Waals surface area contributed by atoms with Gasteiger partial charge in [-0.05, 0) is 29.6 Å². The molecule has 1 N–H and O–H groups in total. The second-order valence-corrected chi connectivity index (χ2v) is 4.83. The summed E-state index contributed by atoms with van der Waals surface area (Å²) >= 11 is 1.52. The first-order valence-corrected chi connectivity index (χ1v) is 6.30. The summed E-state index contributed by atoms with van der Waals surface area (Å²) < 4.78 is 13.4. The van der Waals surface area contributed by atoms with Gasteiger partial charge in [-0.1, -0.05) is 6.07 Å². The molecule has 0 fully saturated rings. The van der Waals surface area contributed by atoms with Gasteiger partial charge < -0.3 is 5.32 Å². The van der Waals surface area contributed by atoms with Gasteiger partial charge in [0, 0.05) is 5.56 Å². The van der Waals surface area contributed by atoms with Gasteiger partial charge in [-0.25, -0.2) is 4.39 Å². The molecule has 1 aliphatic heterocycles. The Labute approximate surface area is 107 Å². The molecule has 0 radical (unpaired) electrons. The Morgan fingerprint density at radius 1 is 1.33 bits per heavy atom. The number of anilines is 1. The average molecular weight is 260 g/mol. The van der Waals surface area contributed by atoms with Crippen LogP contribution in [0, 0.1) is 5.82 Å². The molecule has 3 nitrogen and oxygen atoms in total. The van der Waals surface area contributed by atoms with Gasteiger partial charge in [0.25, 0.3) is 0 Å². The van der Waals surface area contributed by atoms with Gasteiger partial charge >= 0.3 is 0 Å². The van der Waals surface area contributed by atoms with Crippen LogP contribution in [-0.2, 0) is 4.79 Å². The summed E-state index contributed by atoms with van der Waals surface area (Å²) in [6.45, 7) is 0.0591. The molecule has 0 saturated carbocycles. The van der Waals surface area contributed by atoms with Crippen molar-refractivity contribution in [3.63, 3.8) is 0 Å². The zero-order valence-corrected chi connectivity index (χ0v) is 10.1. The van der Waals surface area contributed by atoms with Gasteiger partial charge in [0.05, 0.1) is 16.3 Å². The van der Waals surface area contributed by atoms with E-state index < -0.39 is 0 Å². The van der Waals surface area contributed by atoms with Crippen LogP contribution in [0.2, 0.25) is 0 Å². The number of carbonyl (C=O) groups is 1. The van der Waals surface area contributed by atoms with Gasteiger partial charge in [-0.3, -0.25) is 9.79 Å². The van der Waals surface area contributed by atoms with Gasteiger partial charge in [-0.15, -0.1) is 11.3 Å². The molecule has 3 rings (SSSR count). The van der Waals surface area contributed by atoms with Crippen molar-refractivity contribution in [2.75, 3.05) is 11.9 Å². The first kappa shape index (κ1) is 11.1. The third-order valence-electron chi connectivity index (χ3n) is 2.65. The quantitative estimate of drug-likeness (QED) is 0.841. The first-order chi connectivity index (χ1) is 8.74. The van der Waals surface area contributed by atoms with Crippen molar-refractivity contribution in [2.24, 2.45) is 4.99 Å². The van der Waals surface area contributed by atoms with Gasteiger partial charge in [0.15, 0.2) is 0 Å². The van der Waals surface area contributed by atoms with Crippen molar-refractivity contribution < 1.29 is 9.18 Å². The van der Waals surface area contributed by atoms with Crippen LogP contribution in [0.3, 0.4) is 0 Å². The highest BCUT2D eigenvalue weighted by molar-refractivity contribution is 7.12. The third-order valence-corrected chi connectivity index (χ3v) is 3.52. The van der Waals surface area contributed by atoms with Crippen LogP contribution in [0.25, 0.3) is 0 Å². The highest BCUT2D eigenvalue weighted by Gasteiger charge is 2.18. The normalized spacial score (nSPS) is 14.5. The van der Waals surface area contributed by atoms with Crippen LogP contribution in [0.15, 0.2) is 40.7 Å². The maximum Gasteiger partial charge on any atom is 0.246 e. The van der Waals surface area contributed by atoms with Crippen LogP contribution >= 0.6 is 11.3 Å². The van der Waals surface area contributed by atoms with Gasteiger partial charge in [0.2, 0.25) is 5.91 Å². The van der Waals surface area contributed by atoms with Crippen molar-refractivity contribution in [1.82, 2.24) is 0 Å². The van der Waals surface area contributed by atoms with E-state index in [-0.39, 0.29) is 18.3 Å². The lowest BCUT2D eigenvalue weighted by Crippen LogP contribution is -2.13. The molecule has 1 aromatic carbocycles. The minimum Gasteiger partial charge on any atom is -0.324 e. The maximum absolute atomic E-state index is 13.4. The fraction of sp³-hybridized carbons (Fsp3) is 0.0769. The largest absolute Gasteiger partial charge is 0.324 e. The number of amides is 1. The molecule has 1 aliphatic rings. The summed E-state index contributed by atoms with van der Waals surface area (Å²) in [5.74, 6) is -0.524. The smallest absolute Gasteiger partial charge is 0.246 e. The lowest BCUT2D eigenvalue weighted by atomic mass is 10.1. The lowest BCUT2D eigenvalue weighted by molar-refractivity contribution is -0.114. The van der Waals surface area contributed by atoms with E-state index >= 15 is 0 Å². The predicted octanol–water partition coefficient (Wildman–Crippen LogP) is 2.68. The lowest BCUT2D eigenvalue weighted by Gasteiger charge is -2.08. The van der Waals surface area contributed by atoms with Crippen LogP contribution in [-0.4, -0.2) is 18.2 Å². The molecule has 2 heterocycles. The molecular formula is C13H9FN2OS. The van der Waals surface area contributed by atoms with Crippen LogP contribution in [0.5, 0.6) is 0 Å². The molecular weight excluding hydrogens is 251 g/mol. The molecule has 1 aromatic heterocycles. The number of nitrogens with zero attached hydrogens (tertiary/aromatic N) is 1. The average Bonchev–Trinajstić information content (AvgIpc) is 2.81. The van der Waals surface area contributed by atoms with E-state index in [1.807, 2.05) is 17.5 Å². The molecule has 0 atom stereocenters. The Balaban J connectivity index is 2.20. The summed E-state index contributed by atoms with van der Waals surface area (Å²) in [6, 6.07) is 8.11. The van der Waals surface area contributed by atoms with E-state index in [1.54, 1.807) is 6.07 Å². The van der Waals surface area contributed by atoms with E-state index in [0.29, 0.717) is 17.0 Å². The predicted molar refractivity (Wildman–Crippen MR) is 69.9 cm³/mol. The Kier molecular flexibility index (Phi) is 2.68. The Bertz CT molecular complexity index is 634. The summed E-state index contributed by atoms with van der Waals surface area (Å²) in [6.07, 6.45) is 0. The molecule has 1 amide bonds. The van der Waals surface area contributed by atoms with Crippen molar-refractivity contribution in [2.45, 2.75) is 0 Å². The number of fused-ring (bicyclic) bond motifs is 1.